The summed E-state index contributed by atoms with van der Waals surface area (Å²) < 4.78 is 27.2. The molecule has 1 aliphatic heterocycles. The van der Waals surface area contributed by atoms with Crippen molar-refractivity contribution in [1.82, 2.24) is 19.5 Å². The highest BCUT2D eigenvalue weighted by atomic mass is 32.2. The number of H-pyrrole nitrogens is 1. The van der Waals surface area contributed by atoms with Crippen LogP contribution in [-0.2, 0) is 10.0 Å². The Balaban J connectivity index is 1.74. The highest BCUT2D eigenvalue weighted by Crippen LogP contribution is 2.33. The van der Waals surface area contributed by atoms with Gasteiger partial charge in [0.1, 0.15) is 5.65 Å². The molecule has 1 atom stereocenters. The third-order valence-electron chi connectivity index (χ3n) is 5.68. The van der Waals surface area contributed by atoms with Gasteiger partial charge in [0.15, 0.2) is 0 Å². The van der Waals surface area contributed by atoms with Gasteiger partial charge in [0, 0.05) is 23.9 Å². The molecule has 0 unspecified atom stereocenters. The molecule has 0 saturated carbocycles. The zero-order chi connectivity index (χ0) is 22.3. The molecule has 1 amide bonds. The van der Waals surface area contributed by atoms with Crippen molar-refractivity contribution in [3.63, 3.8) is 0 Å². The Hall–Kier alpha value is -3.14. The van der Waals surface area contributed by atoms with Crippen molar-refractivity contribution in [3.05, 3.63) is 63.2 Å². The van der Waals surface area contributed by atoms with Crippen LogP contribution in [0.25, 0.3) is 5.65 Å². The number of benzene rings is 1. The van der Waals surface area contributed by atoms with Crippen LogP contribution in [0.1, 0.15) is 52.6 Å². The van der Waals surface area contributed by atoms with Gasteiger partial charge in [-0.05, 0) is 45.2 Å². The maximum atomic E-state index is 13.5. The zero-order valence-corrected chi connectivity index (χ0v) is 18.5. The molecule has 2 aromatic heterocycles. The summed E-state index contributed by atoms with van der Waals surface area (Å²) in [4.78, 5) is 31.0. The predicted octanol–water partition coefficient (Wildman–Crippen LogP) is 2.38. The molecule has 3 aromatic rings. The zero-order valence-electron chi connectivity index (χ0n) is 17.7. The molecule has 0 aliphatic carbocycles. The van der Waals surface area contributed by atoms with Crippen LogP contribution in [0.3, 0.4) is 0 Å². The minimum absolute atomic E-state index is 0.186. The molecule has 9 nitrogen and oxygen atoms in total. The number of carbonyl (C=O) groups excluding carboxylic acids is 1. The molecule has 0 spiro atoms. The van der Waals surface area contributed by atoms with E-state index < -0.39 is 10.0 Å². The fourth-order valence-electron chi connectivity index (χ4n) is 4.01. The summed E-state index contributed by atoms with van der Waals surface area (Å²) in [5.74, 6) is -0.271. The lowest BCUT2D eigenvalue weighted by Crippen LogP contribution is -2.39. The van der Waals surface area contributed by atoms with Crippen molar-refractivity contribution in [1.29, 1.82) is 0 Å². The molecule has 1 fully saturated rings. The van der Waals surface area contributed by atoms with Crippen LogP contribution in [0.15, 0.2) is 35.1 Å². The smallest absolute Gasteiger partial charge is 0.277 e. The van der Waals surface area contributed by atoms with Crippen LogP contribution < -0.4 is 10.3 Å². The second-order valence-corrected chi connectivity index (χ2v) is 9.72. The summed E-state index contributed by atoms with van der Waals surface area (Å²) >= 11 is 0. The maximum Gasteiger partial charge on any atom is 0.277 e. The van der Waals surface area contributed by atoms with E-state index in [1.807, 2.05) is 13.0 Å². The number of carbonyl (C=O) groups is 1. The first-order valence-corrected chi connectivity index (χ1v) is 12.0. The minimum Gasteiger partial charge on any atom is -0.343 e. The summed E-state index contributed by atoms with van der Waals surface area (Å²) in [6, 6.07) is 8.07. The van der Waals surface area contributed by atoms with Gasteiger partial charge in [-0.3, -0.25) is 14.3 Å². The first-order valence-electron chi connectivity index (χ1n) is 10.1. The number of fused-ring (bicyclic) bond motifs is 1. The van der Waals surface area contributed by atoms with Crippen molar-refractivity contribution < 1.29 is 13.2 Å². The number of aromatic amines is 1. The topological polar surface area (TPSA) is 117 Å². The van der Waals surface area contributed by atoms with Crippen LogP contribution in [0.5, 0.6) is 0 Å². The van der Waals surface area contributed by atoms with Gasteiger partial charge in [0.2, 0.25) is 10.0 Å². The van der Waals surface area contributed by atoms with Gasteiger partial charge in [-0.15, -0.1) is 0 Å². The maximum absolute atomic E-state index is 13.5. The second kappa shape index (κ2) is 7.84. The Morgan fingerprint density at radius 1 is 1.23 bits per heavy atom. The molecule has 31 heavy (non-hydrogen) atoms. The molecule has 10 heteroatoms. The highest BCUT2D eigenvalue weighted by molar-refractivity contribution is 7.92. The van der Waals surface area contributed by atoms with Crippen LogP contribution in [0, 0.1) is 13.8 Å². The number of para-hydroxylation sites is 1. The van der Waals surface area contributed by atoms with E-state index in [0.29, 0.717) is 29.9 Å². The number of hydrogen-bond donors (Lipinski definition) is 2. The van der Waals surface area contributed by atoms with E-state index in [4.69, 9.17) is 0 Å². The Labute approximate surface area is 180 Å². The minimum atomic E-state index is -3.54. The van der Waals surface area contributed by atoms with E-state index in [2.05, 4.69) is 14.8 Å². The molecule has 0 radical (unpaired) electrons. The average molecular weight is 444 g/mol. The number of hydrogen-bond acceptors (Lipinski definition) is 5. The summed E-state index contributed by atoms with van der Waals surface area (Å²) in [6.07, 6.45) is 3.53. The van der Waals surface area contributed by atoms with Gasteiger partial charge in [-0.2, -0.15) is 9.61 Å². The number of aryl methyl sites for hydroxylation is 1. The van der Waals surface area contributed by atoms with Gasteiger partial charge < -0.3 is 9.88 Å². The molecule has 0 bridgehead atoms. The number of rotatable bonds is 4. The molecular weight excluding hydrogens is 418 g/mol. The molecule has 3 heterocycles. The number of amides is 1. The monoisotopic (exact) mass is 443 g/mol. The fraction of sp³-hybridized carbons (Fsp3) is 0.381. The number of nitrogens with zero attached hydrogens (tertiary/aromatic N) is 3. The molecular formula is C21H25N5O4S. The Bertz CT molecular complexity index is 1330. The molecule has 1 saturated heterocycles. The standard InChI is InChI=1S/C21H25N5O4S/c1-13-14(2)22-19-12-17(23-26(19)20(13)27)18-10-6-7-11-25(18)21(28)15-8-4-5-9-16(15)24-31(3,29)30/h4-5,8-9,12,18,22,24H,6-7,10-11H2,1-3H3/t18-/m1/s1. The largest absolute Gasteiger partial charge is 0.343 e. The lowest BCUT2D eigenvalue weighted by molar-refractivity contribution is 0.0607. The van der Waals surface area contributed by atoms with Gasteiger partial charge in [-0.1, -0.05) is 12.1 Å². The number of aromatic nitrogens is 3. The van der Waals surface area contributed by atoms with E-state index in [0.717, 1.165) is 24.8 Å². The van der Waals surface area contributed by atoms with Gasteiger partial charge in [-0.25, -0.2) is 8.42 Å². The third kappa shape index (κ3) is 4.07. The molecule has 1 aromatic carbocycles. The molecule has 4 rings (SSSR count). The van der Waals surface area contributed by atoms with E-state index in [1.54, 1.807) is 36.1 Å². The number of anilines is 1. The van der Waals surface area contributed by atoms with E-state index in [1.165, 1.54) is 4.52 Å². The lowest BCUT2D eigenvalue weighted by Gasteiger charge is -2.35. The SMILES string of the molecule is Cc1[nH]c2cc([C@H]3CCCCN3C(=O)c3ccccc3NS(C)(=O)=O)nn2c(=O)c1C. The van der Waals surface area contributed by atoms with Crippen molar-refractivity contribution in [3.8, 4) is 0 Å². The number of nitrogens with one attached hydrogen (secondary N) is 2. The van der Waals surface area contributed by atoms with Crippen molar-refractivity contribution in [2.75, 3.05) is 17.5 Å². The van der Waals surface area contributed by atoms with Crippen LogP contribution in [0.4, 0.5) is 5.69 Å². The Morgan fingerprint density at radius 2 is 1.97 bits per heavy atom. The number of piperidine rings is 1. The summed E-state index contributed by atoms with van der Waals surface area (Å²) in [7, 11) is -3.54. The average Bonchev–Trinajstić information content (AvgIpc) is 3.15. The quantitative estimate of drug-likeness (QED) is 0.642. The van der Waals surface area contributed by atoms with E-state index >= 15 is 0 Å². The molecule has 2 N–H and O–H groups in total. The fourth-order valence-corrected chi connectivity index (χ4v) is 4.58. The first kappa shape index (κ1) is 21.1. The van der Waals surface area contributed by atoms with Gasteiger partial charge in [0.25, 0.3) is 11.5 Å². The summed E-state index contributed by atoms with van der Waals surface area (Å²) in [6.45, 7) is 4.11. The van der Waals surface area contributed by atoms with Crippen LogP contribution >= 0.6 is 0 Å². The van der Waals surface area contributed by atoms with E-state index in [9.17, 15) is 18.0 Å². The molecule has 1 aliphatic rings. The van der Waals surface area contributed by atoms with Crippen molar-refractivity contribution in [2.24, 2.45) is 0 Å². The van der Waals surface area contributed by atoms with Crippen molar-refractivity contribution >= 4 is 27.3 Å². The second-order valence-electron chi connectivity index (χ2n) is 7.98. The lowest BCUT2D eigenvalue weighted by atomic mass is 9.98. The predicted molar refractivity (Wildman–Crippen MR) is 118 cm³/mol. The van der Waals surface area contributed by atoms with Gasteiger partial charge >= 0.3 is 0 Å². The normalized spacial score (nSPS) is 17.1. The van der Waals surface area contributed by atoms with Crippen LogP contribution in [-0.4, -0.2) is 46.6 Å². The van der Waals surface area contributed by atoms with Gasteiger partial charge in [0.05, 0.1) is 29.2 Å². The molecule has 164 valence electrons. The third-order valence-corrected chi connectivity index (χ3v) is 6.27. The number of likely N-dealkylation sites (tertiary alicyclic amines) is 1. The summed E-state index contributed by atoms with van der Waals surface area (Å²) in [5.41, 5.74) is 2.94. The van der Waals surface area contributed by atoms with Crippen LogP contribution in [0.2, 0.25) is 0 Å². The Morgan fingerprint density at radius 3 is 2.71 bits per heavy atom. The van der Waals surface area contributed by atoms with Crippen molar-refractivity contribution in [2.45, 2.75) is 39.2 Å². The van der Waals surface area contributed by atoms with E-state index in [-0.39, 0.29) is 28.8 Å². The number of sulfonamides is 1. The summed E-state index contributed by atoms with van der Waals surface area (Å²) in [5, 5.41) is 4.51. The highest BCUT2D eigenvalue weighted by Gasteiger charge is 2.32. The first-order chi connectivity index (χ1) is 14.7. The Kier molecular flexibility index (Phi) is 5.34.